The number of carbonyl (C=O) groups excluding carboxylic acids is 1. The molecule has 1 saturated carbocycles. The van der Waals surface area contributed by atoms with Crippen molar-refractivity contribution in [2.24, 2.45) is 5.92 Å². The molecule has 1 aliphatic carbocycles. The van der Waals surface area contributed by atoms with Gasteiger partial charge in [0.2, 0.25) is 0 Å². The molecule has 1 aromatic carbocycles. The fourth-order valence-electron chi connectivity index (χ4n) is 1.69. The van der Waals surface area contributed by atoms with Gasteiger partial charge < -0.3 is 4.74 Å². The zero-order chi connectivity index (χ0) is 10.1. The number of methoxy groups -OCH3 is 1. The van der Waals surface area contributed by atoms with E-state index in [1.807, 2.05) is 12.1 Å². The molecular weight excluding hydrogens is 244 g/mol. The van der Waals surface area contributed by atoms with Crippen molar-refractivity contribution in [2.75, 3.05) is 7.11 Å². The molecule has 2 nitrogen and oxygen atoms in total. The van der Waals surface area contributed by atoms with Crippen LogP contribution in [0.2, 0.25) is 0 Å². The van der Waals surface area contributed by atoms with Crippen molar-refractivity contribution in [3.63, 3.8) is 0 Å². The van der Waals surface area contributed by atoms with Crippen molar-refractivity contribution >= 4 is 21.9 Å². The van der Waals surface area contributed by atoms with Crippen molar-refractivity contribution < 1.29 is 9.53 Å². The largest absolute Gasteiger partial charge is 0.469 e. The van der Waals surface area contributed by atoms with Gasteiger partial charge in [-0.1, -0.05) is 28.1 Å². The average Bonchev–Trinajstić information content (AvgIpc) is 2.98. The number of ether oxygens (including phenoxy) is 1. The standard InChI is InChI=1S/C11H11BrO2/c1-14-11(13)10-6-9(10)7-2-4-8(12)5-3-7/h2-5,9-10H,6H2,1H3/t9-,10+/m0/s1. The molecule has 0 unspecified atom stereocenters. The molecule has 0 spiro atoms. The first-order valence-electron chi connectivity index (χ1n) is 4.55. The van der Waals surface area contributed by atoms with Crippen LogP contribution < -0.4 is 0 Å². The van der Waals surface area contributed by atoms with Crippen LogP contribution >= 0.6 is 15.9 Å². The summed E-state index contributed by atoms with van der Waals surface area (Å²) in [4.78, 5) is 11.2. The molecular formula is C11H11BrO2. The van der Waals surface area contributed by atoms with Crippen LogP contribution in [0.4, 0.5) is 0 Å². The molecule has 14 heavy (non-hydrogen) atoms. The van der Waals surface area contributed by atoms with Gasteiger partial charge in [0.05, 0.1) is 13.0 Å². The van der Waals surface area contributed by atoms with E-state index in [1.165, 1.54) is 12.7 Å². The molecule has 0 saturated heterocycles. The number of hydrogen-bond donors (Lipinski definition) is 0. The third-order valence-corrected chi connectivity index (χ3v) is 3.12. The van der Waals surface area contributed by atoms with Gasteiger partial charge in [0.25, 0.3) is 0 Å². The zero-order valence-electron chi connectivity index (χ0n) is 7.87. The van der Waals surface area contributed by atoms with Crippen LogP contribution in [0, 0.1) is 5.92 Å². The van der Waals surface area contributed by atoms with E-state index < -0.39 is 0 Å². The molecule has 1 fully saturated rings. The lowest BCUT2D eigenvalue weighted by molar-refractivity contribution is -0.142. The number of rotatable bonds is 2. The summed E-state index contributed by atoms with van der Waals surface area (Å²) in [5.41, 5.74) is 1.23. The highest BCUT2D eigenvalue weighted by molar-refractivity contribution is 9.10. The maximum atomic E-state index is 11.2. The summed E-state index contributed by atoms with van der Waals surface area (Å²) in [5.74, 6) is 0.370. The maximum absolute atomic E-state index is 11.2. The highest BCUT2D eigenvalue weighted by Crippen LogP contribution is 2.48. The van der Waals surface area contributed by atoms with Crippen LogP contribution in [0.5, 0.6) is 0 Å². The van der Waals surface area contributed by atoms with E-state index in [9.17, 15) is 4.79 Å². The molecule has 1 aromatic rings. The molecule has 0 N–H and O–H groups in total. The van der Waals surface area contributed by atoms with Crippen LogP contribution in [0.1, 0.15) is 17.9 Å². The van der Waals surface area contributed by atoms with Gasteiger partial charge >= 0.3 is 5.97 Å². The van der Waals surface area contributed by atoms with Gasteiger partial charge in [0, 0.05) is 4.47 Å². The summed E-state index contributed by atoms with van der Waals surface area (Å²) in [6.45, 7) is 0. The minimum absolute atomic E-state index is 0.0844. The van der Waals surface area contributed by atoms with E-state index >= 15 is 0 Å². The Hall–Kier alpha value is -0.830. The molecule has 0 aromatic heterocycles. The lowest BCUT2D eigenvalue weighted by atomic mass is 10.1. The summed E-state index contributed by atoms with van der Waals surface area (Å²) < 4.78 is 5.77. The highest BCUT2D eigenvalue weighted by atomic mass is 79.9. The van der Waals surface area contributed by atoms with E-state index in [2.05, 4.69) is 28.1 Å². The Morgan fingerprint density at radius 1 is 1.43 bits per heavy atom. The van der Waals surface area contributed by atoms with Crippen LogP contribution in [-0.4, -0.2) is 13.1 Å². The predicted octanol–water partition coefficient (Wildman–Crippen LogP) is 2.73. The van der Waals surface area contributed by atoms with Crippen molar-refractivity contribution in [2.45, 2.75) is 12.3 Å². The quantitative estimate of drug-likeness (QED) is 0.759. The minimum atomic E-state index is -0.0853. The molecule has 0 aliphatic heterocycles. The van der Waals surface area contributed by atoms with Crippen molar-refractivity contribution in [3.05, 3.63) is 34.3 Å². The second kappa shape index (κ2) is 3.73. The normalized spacial score (nSPS) is 24.4. The number of hydrogen-bond acceptors (Lipinski definition) is 2. The highest BCUT2D eigenvalue weighted by Gasteiger charge is 2.44. The van der Waals surface area contributed by atoms with Crippen molar-refractivity contribution in [1.29, 1.82) is 0 Å². The smallest absolute Gasteiger partial charge is 0.309 e. The van der Waals surface area contributed by atoms with Crippen LogP contribution in [-0.2, 0) is 9.53 Å². The summed E-state index contributed by atoms with van der Waals surface area (Å²) in [5, 5.41) is 0. The molecule has 0 heterocycles. The van der Waals surface area contributed by atoms with Gasteiger partial charge in [-0.15, -0.1) is 0 Å². The first kappa shape index (κ1) is 9.71. The van der Waals surface area contributed by atoms with E-state index in [-0.39, 0.29) is 11.9 Å². The predicted molar refractivity (Wildman–Crippen MR) is 57.0 cm³/mol. The van der Waals surface area contributed by atoms with Gasteiger partial charge in [0.1, 0.15) is 0 Å². The Bertz CT molecular complexity index is 345. The molecule has 0 radical (unpaired) electrons. The minimum Gasteiger partial charge on any atom is -0.469 e. The van der Waals surface area contributed by atoms with Gasteiger partial charge in [-0.3, -0.25) is 4.79 Å². The van der Waals surface area contributed by atoms with E-state index in [4.69, 9.17) is 4.74 Å². The SMILES string of the molecule is COC(=O)[C@@H]1C[C@H]1c1ccc(Br)cc1. The third-order valence-electron chi connectivity index (χ3n) is 2.59. The second-order valence-corrected chi connectivity index (χ2v) is 4.44. The molecule has 74 valence electrons. The Morgan fingerprint density at radius 2 is 2.07 bits per heavy atom. The van der Waals surface area contributed by atoms with Crippen LogP contribution in [0.15, 0.2) is 28.7 Å². The summed E-state index contributed by atoms with van der Waals surface area (Å²) in [6, 6.07) is 8.11. The molecule has 0 bridgehead atoms. The van der Waals surface area contributed by atoms with Crippen molar-refractivity contribution in [3.8, 4) is 0 Å². The molecule has 3 heteroatoms. The number of carbonyl (C=O) groups is 1. The van der Waals surface area contributed by atoms with Gasteiger partial charge in [-0.2, -0.15) is 0 Å². The fourth-order valence-corrected chi connectivity index (χ4v) is 1.95. The Labute approximate surface area is 91.4 Å². The first-order valence-corrected chi connectivity index (χ1v) is 5.35. The topological polar surface area (TPSA) is 26.3 Å². The lowest BCUT2D eigenvalue weighted by Gasteiger charge is -1.99. The molecule has 2 atom stereocenters. The summed E-state index contributed by atoms with van der Waals surface area (Å²) >= 11 is 3.38. The van der Waals surface area contributed by atoms with E-state index in [1.54, 1.807) is 0 Å². The van der Waals surface area contributed by atoms with E-state index in [0.717, 1.165) is 10.9 Å². The summed E-state index contributed by atoms with van der Waals surface area (Å²) in [6.07, 6.45) is 0.925. The number of halogens is 1. The Morgan fingerprint density at radius 3 is 2.64 bits per heavy atom. The van der Waals surface area contributed by atoms with Gasteiger partial charge in [-0.05, 0) is 30.0 Å². The molecule has 0 amide bonds. The zero-order valence-corrected chi connectivity index (χ0v) is 9.45. The number of esters is 1. The van der Waals surface area contributed by atoms with Crippen LogP contribution in [0.3, 0.4) is 0 Å². The third kappa shape index (κ3) is 1.82. The van der Waals surface area contributed by atoms with Gasteiger partial charge in [0.15, 0.2) is 0 Å². The second-order valence-electron chi connectivity index (χ2n) is 3.52. The van der Waals surface area contributed by atoms with Crippen LogP contribution in [0.25, 0.3) is 0 Å². The number of benzene rings is 1. The first-order chi connectivity index (χ1) is 6.72. The monoisotopic (exact) mass is 254 g/mol. The average molecular weight is 255 g/mol. The Kier molecular flexibility index (Phi) is 2.59. The maximum Gasteiger partial charge on any atom is 0.309 e. The fraction of sp³-hybridized carbons (Fsp3) is 0.364. The molecule has 2 rings (SSSR count). The molecule has 1 aliphatic rings. The van der Waals surface area contributed by atoms with E-state index in [0.29, 0.717) is 5.92 Å². The summed E-state index contributed by atoms with van der Waals surface area (Å²) in [7, 11) is 1.44. The van der Waals surface area contributed by atoms with Crippen molar-refractivity contribution in [1.82, 2.24) is 0 Å². The Balaban J connectivity index is 2.06. The van der Waals surface area contributed by atoms with Gasteiger partial charge in [-0.25, -0.2) is 0 Å². The lowest BCUT2D eigenvalue weighted by Crippen LogP contribution is -2.03.